The molecular formula is C20H18ClN5S. The van der Waals surface area contributed by atoms with Gasteiger partial charge in [0, 0.05) is 16.7 Å². The highest BCUT2D eigenvalue weighted by atomic mass is 35.5. The summed E-state index contributed by atoms with van der Waals surface area (Å²) < 4.78 is 1.79. The van der Waals surface area contributed by atoms with Gasteiger partial charge in [-0.15, -0.1) is 5.10 Å². The number of hydrogen-bond donors (Lipinski definition) is 0. The maximum absolute atomic E-state index is 6.42. The average molecular weight is 396 g/mol. The number of benzene rings is 2. The highest BCUT2D eigenvalue weighted by Crippen LogP contribution is 2.29. The highest BCUT2D eigenvalue weighted by molar-refractivity contribution is 7.98. The van der Waals surface area contributed by atoms with Crippen molar-refractivity contribution in [3.8, 4) is 5.69 Å². The maximum atomic E-state index is 6.42. The van der Waals surface area contributed by atoms with E-state index in [9.17, 15) is 0 Å². The standard InChI is InChI=1S/C20H18ClN5S/c1-12-7-8-15-10-16(19(21)22-17(15)9-12)11-27-20-23-24-25-26(20)18-13(2)5-4-6-14(18)3/h4-10H,11H2,1-3H3. The van der Waals surface area contributed by atoms with Crippen LogP contribution in [-0.4, -0.2) is 25.2 Å². The molecule has 0 fully saturated rings. The van der Waals surface area contributed by atoms with E-state index in [1.807, 2.05) is 19.1 Å². The number of thioether (sulfide) groups is 1. The van der Waals surface area contributed by atoms with Crippen LogP contribution in [0.2, 0.25) is 5.15 Å². The SMILES string of the molecule is Cc1ccc2cc(CSc3nnnn3-c3c(C)cccc3C)c(Cl)nc2c1. The summed E-state index contributed by atoms with van der Waals surface area (Å²) in [5.41, 5.74) is 6.32. The molecule has 0 spiro atoms. The highest BCUT2D eigenvalue weighted by Gasteiger charge is 2.14. The molecule has 2 heterocycles. The second kappa shape index (κ2) is 7.29. The van der Waals surface area contributed by atoms with E-state index in [1.165, 1.54) is 5.56 Å². The van der Waals surface area contributed by atoms with Crippen LogP contribution in [0.25, 0.3) is 16.6 Å². The number of nitrogens with zero attached hydrogens (tertiary/aromatic N) is 5. The van der Waals surface area contributed by atoms with E-state index in [1.54, 1.807) is 16.4 Å². The maximum Gasteiger partial charge on any atom is 0.214 e. The second-order valence-electron chi connectivity index (χ2n) is 6.54. The molecule has 4 aromatic rings. The Hall–Kier alpha value is -2.44. The van der Waals surface area contributed by atoms with Crippen molar-refractivity contribution in [2.75, 3.05) is 0 Å². The zero-order valence-electron chi connectivity index (χ0n) is 15.3. The zero-order valence-corrected chi connectivity index (χ0v) is 16.8. The summed E-state index contributed by atoms with van der Waals surface area (Å²) in [5, 5.41) is 14.6. The van der Waals surface area contributed by atoms with Gasteiger partial charge in [0.1, 0.15) is 5.15 Å². The smallest absolute Gasteiger partial charge is 0.214 e. The van der Waals surface area contributed by atoms with E-state index < -0.39 is 0 Å². The Morgan fingerprint density at radius 2 is 1.81 bits per heavy atom. The molecule has 0 radical (unpaired) electrons. The van der Waals surface area contributed by atoms with Crippen molar-refractivity contribution in [1.82, 2.24) is 25.2 Å². The Balaban J connectivity index is 1.64. The van der Waals surface area contributed by atoms with E-state index in [4.69, 9.17) is 11.6 Å². The summed E-state index contributed by atoms with van der Waals surface area (Å²) in [6, 6.07) is 14.4. The molecule has 0 saturated heterocycles. The zero-order chi connectivity index (χ0) is 19.0. The number of halogens is 1. The number of tetrazole rings is 1. The van der Waals surface area contributed by atoms with Crippen molar-refractivity contribution in [3.63, 3.8) is 0 Å². The number of fused-ring (bicyclic) bond motifs is 1. The first-order valence-corrected chi connectivity index (χ1v) is 9.93. The summed E-state index contributed by atoms with van der Waals surface area (Å²) in [5.74, 6) is 0.640. The Morgan fingerprint density at radius 1 is 1.04 bits per heavy atom. The monoisotopic (exact) mass is 395 g/mol. The Kier molecular flexibility index (Phi) is 4.85. The third-order valence-corrected chi connectivity index (χ3v) is 5.74. The number of aromatic nitrogens is 5. The van der Waals surface area contributed by atoms with Crippen molar-refractivity contribution in [2.45, 2.75) is 31.7 Å². The quantitative estimate of drug-likeness (QED) is 0.356. The van der Waals surface area contributed by atoms with E-state index in [0.29, 0.717) is 10.9 Å². The van der Waals surface area contributed by atoms with Crippen LogP contribution < -0.4 is 0 Å². The third-order valence-electron chi connectivity index (χ3n) is 4.45. The molecule has 0 aliphatic carbocycles. The molecule has 0 atom stereocenters. The number of para-hydroxylation sites is 1. The van der Waals surface area contributed by atoms with Crippen LogP contribution >= 0.6 is 23.4 Å². The second-order valence-corrected chi connectivity index (χ2v) is 7.84. The van der Waals surface area contributed by atoms with Crippen LogP contribution in [0.5, 0.6) is 0 Å². The molecule has 2 aromatic heterocycles. The van der Waals surface area contributed by atoms with E-state index >= 15 is 0 Å². The Bertz CT molecular complexity index is 1120. The molecule has 0 aliphatic heterocycles. The molecule has 27 heavy (non-hydrogen) atoms. The molecular weight excluding hydrogens is 378 g/mol. The molecule has 2 aromatic carbocycles. The summed E-state index contributed by atoms with van der Waals surface area (Å²) in [6.07, 6.45) is 0. The molecule has 4 rings (SSSR count). The lowest BCUT2D eigenvalue weighted by Gasteiger charge is -2.11. The molecule has 0 bridgehead atoms. The van der Waals surface area contributed by atoms with Crippen molar-refractivity contribution >= 4 is 34.3 Å². The van der Waals surface area contributed by atoms with E-state index in [-0.39, 0.29) is 0 Å². The fourth-order valence-corrected chi connectivity index (χ4v) is 4.23. The van der Waals surface area contributed by atoms with Gasteiger partial charge in [0.05, 0.1) is 11.2 Å². The summed E-state index contributed by atoms with van der Waals surface area (Å²) in [7, 11) is 0. The van der Waals surface area contributed by atoms with Crippen molar-refractivity contribution < 1.29 is 0 Å². The van der Waals surface area contributed by atoms with Crippen LogP contribution in [0.4, 0.5) is 0 Å². The van der Waals surface area contributed by atoms with Gasteiger partial charge in [0.25, 0.3) is 0 Å². The lowest BCUT2D eigenvalue weighted by Crippen LogP contribution is -2.04. The fraction of sp³-hybridized carbons (Fsp3) is 0.200. The fourth-order valence-electron chi connectivity index (χ4n) is 3.09. The number of pyridine rings is 1. The van der Waals surface area contributed by atoms with Crippen LogP contribution in [0.3, 0.4) is 0 Å². The first-order chi connectivity index (χ1) is 13.0. The summed E-state index contributed by atoms with van der Waals surface area (Å²) in [6.45, 7) is 6.17. The minimum Gasteiger partial charge on any atom is -0.236 e. The van der Waals surface area contributed by atoms with Gasteiger partial charge < -0.3 is 0 Å². The molecule has 0 aliphatic rings. The van der Waals surface area contributed by atoms with Crippen LogP contribution in [-0.2, 0) is 5.75 Å². The van der Waals surface area contributed by atoms with Gasteiger partial charge in [-0.3, -0.25) is 0 Å². The number of aryl methyl sites for hydroxylation is 3. The minimum atomic E-state index is 0.520. The predicted molar refractivity (Wildman–Crippen MR) is 110 cm³/mol. The van der Waals surface area contributed by atoms with Crippen LogP contribution in [0.15, 0.2) is 47.6 Å². The van der Waals surface area contributed by atoms with Crippen molar-refractivity contribution in [1.29, 1.82) is 0 Å². The van der Waals surface area contributed by atoms with Crippen LogP contribution in [0.1, 0.15) is 22.3 Å². The lowest BCUT2D eigenvalue weighted by atomic mass is 10.1. The normalized spacial score (nSPS) is 11.3. The van der Waals surface area contributed by atoms with E-state index in [0.717, 1.165) is 38.4 Å². The molecule has 7 heteroatoms. The summed E-state index contributed by atoms with van der Waals surface area (Å²) in [4.78, 5) is 4.54. The van der Waals surface area contributed by atoms with E-state index in [2.05, 4.69) is 64.7 Å². The molecule has 0 amide bonds. The average Bonchev–Trinajstić information content (AvgIpc) is 3.08. The first-order valence-electron chi connectivity index (χ1n) is 8.56. The molecule has 5 nitrogen and oxygen atoms in total. The van der Waals surface area contributed by atoms with Gasteiger partial charge >= 0.3 is 0 Å². The Labute approximate surface area is 166 Å². The molecule has 0 saturated carbocycles. The predicted octanol–water partition coefficient (Wildman–Crippen LogP) is 5.08. The van der Waals surface area contributed by atoms with Gasteiger partial charge in [0.2, 0.25) is 5.16 Å². The lowest BCUT2D eigenvalue weighted by molar-refractivity contribution is 0.747. The number of rotatable bonds is 4. The topological polar surface area (TPSA) is 56.5 Å². The first kappa shape index (κ1) is 17.9. The molecule has 0 unspecified atom stereocenters. The Morgan fingerprint density at radius 3 is 2.59 bits per heavy atom. The largest absolute Gasteiger partial charge is 0.236 e. The van der Waals surface area contributed by atoms with Crippen molar-refractivity contribution in [3.05, 3.63) is 69.9 Å². The molecule has 136 valence electrons. The number of hydrogen-bond acceptors (Lipinski definition) is 5. The van der Waals surface area contributed by atoms with Crippen molar-refractivity contribution in [2.24, 2.45) is 0 Å². The summed E-state index contributed by atoms with van der Waals surface area (Å²) >= 11 is 7.97. The minimum absolute atomic E-state index is 0.520. The van der Waals surface area contributed by atoms with Crippen LogP contribution in [0, 0.1) is 20.8 Å². The van der Waals surface area contributed by atoms with Gasteiger partial charge in [-0.1, -0.05) is 53.7 Å². The van der Waals surface area contributed by atoms with Gasteiger partial charge in [-0.25, -0.2) is 4.98 Å². The van der Waals surface area contributed by atoms with Gasteiger partial charge in [-0.2, -0.15) is 4.68 Å². The molecule has 0 N–H and O–H groups in total. The third kappa shape index (κ3) is 3.55. The van der Waals surface area contributed by atoms with Gasteiger partial charge in [0.15, 0.2) is 0 Å². The van der Waals surface area contributed by atoms with Gasteiger partial charge in [-0.05, 0) is 60.0 Å².